The quantitative estimate of drug-likeness (QED) is 0.259. The lowest BCUT2D eigenvalue weighted by molar-refractivity contribution is -0.126. The van der Waals surface area contributed by atoms with Gasteiger partial charge >= 0.3 is 6.09 Å². The molecule has 0 fully saturated rings. The molecule has 232 valence electrons. The molecule has 3 N–H and O–H groups in total. The first-order valence-electron chi connectivity index (χ1n) is 14.4. The van der Waals surface area contributed by atoms with Crippen molar-refractivity contribution >= 4 is 12.0 Å². The molecule has 0 aliphatic carbocycles. The van der Waals surface area contributed by atoms with Crippen molar-refractivity contribution in [2.75, 3.05) is 13.2 Å². The molecule has 3 aromatic carbocycles. The SMILES string of the molecule is C.Cc1c(COC(=O)N2CCn3c(nnc3[C@@H](COCc3ccccc3)NC(=O)C(C)(C)N)C2)cccc1-c1ccccc1. The van der Waals surface area contributed by atoms with Crippen molar-refractivity contribution in [3.63, 3.8) is 0 Å². The van der Waals surface area contributed by atoms with Gasteiger partial charge in [-0.05, 0) is 48.6 Å². The lowest BCUT2D eigenvalue weighted by atomic mass is 9.97. The Bertz CT molecular complexity index is 1550. The van der Waals surface area contributed by atoms with Crippen molar-refractivity contribution in [1.29, 1.82) is 0 Å². The van der Waals surface area contributed by atoms with E-state index in [9.17, 15) is 9.59 Å². The lowest BCUT2D eigenvalue weighted by Gasteiger charge is -2.29. The molecule has 2 amide bonds. The van der Waals surface area contributed by atoms with Crippen molar-refractivity contribution < 1.29 is 19.1 Å². The molecule has 1 aromatic heterocycles. The van der Waals surface area contributed by atoms with Gasteiger partial charge in [-0.2, -0.15) is 0 Å². The Morgan fingerprint density at radius 2 is 1.66 bits per heavy atom. The van der Waals surface area contributed by atoms with E-state index in [4.69, 9.17) is 15.2 Å². The van der Waals surface area contributed by atoms with E-state index in [1.54, 1.807) is 18.7 Å². The Morgan fingerprint density at radius 1 is 0.955 bits per heavy atom. The average Bonchev–Trinajstić information content (AvgIpc) is 3.43. The summed E-state index contributed by atoms with van der Waals surface area (Å²) in [4.78, 5) is 27.5. The first-order chi connectivity index (χ1) is 20.7. The number of aromatic nitrogens is 3. The summed E-state index contributed by atoms with van der Waals surface area (Å²) in [5.74, 6) is 0.836. The Morgan fingerprint density at radius 3 is 2.36 bits per heavy atom. The maximum Gasteiger partial charge on any atom is 0.410 e. The third kappa shape index (κ3) is 7.69. The van der Waals surface area contributed by atoms with E-state index in [0.717, 1.165) is 27.8 Å². The van der Waals surface area contributed by atoms with E-state index in [1.165, 1.54) is 0 Å². The summed E-state index contributed by atoms with van der Waals surface area (Å²) < 4.78 is 13.6. The van der Waals surface area contributed by atoms with Gasteiger partial charge in [0, 0.05) is 13.1 Å². The number of nitrogens with one attached hydrogen (secondary N) is 1. The number of hydrogen-bond donors (Lipinski definition) is 2. The number of carbonyl (C=O) groups excluding carboxylic acids is 2. The number of rotatable bonds is 10. The molecule has 0 bridgehead atoms. The molecule has 1 aliphatic rings. The second-order valence-corrected chi connectivity index (χ2v) is 11.3. The summed E-state index contributed by atoms with van der Waals surface area (Å²) in [6.07, 6.45) is -0.416. The normalized spacial score (nSPS) is 13.4. The van der Waals surface area contributed by atoms with E-state index < -0.39 is 17.7 Å². The minimum atomic E-state index is -1.08. The number of nitrogens with two attached hydrogens (primary N) is 1. The smallest absolute Gasteiger partial charge is 0.410 e. The second-order valence-electron chi connectivity index (χ2n) is 11.3. The lowest BCUT2D eigenvalue weighted by Crippen LogP contribution is -2.51. The molecule has 1 aliphatic heterocycles. The van der Waals surface area contributed by atoms with Crippen LogP contribution in [0.15, 0.2) is 78.9 Å². The van der Waals surface area contributed by atoms with Gasteiger partial charge in [0.25, 0.3) is 0 Å². The standard InChI is InChI=1S/C33H38N6O4.CH4/c1-23-26(15-10-16-27(23)25-13-8-5-9-14-25)21-43-32(41)38-17-18-39-29(19-38)36-37-30(39)28(35-31(40)33(2,3)34)22-42-20-24-11-6-4-7-12-24;/h4-16,28H,17-22,34H2,1-3H3,(H,35,40);1H4/t28-;/m1./s1. The van der Waals surface area contributed by atoms with Crippen LogP contribution in [0.2, 0.25) is 0 Å². The highest BCUT2D eigenvalue weighted by Gasteiger charge is 2.32. The zero-order valence-electron chi connectivity index (χ0n) is 24.8. The first kappa shape index (κ1) is 32.4. The maximum absolute atomic E-state index is 13.1. The van der Waals surface area contributed by atoms with Gasteiger partial charge in [0.15, 0.2) is 11.6 Å². The zero-order chi connectivity index (χ0) is 30.4. The van der Waals surface area contributed by atoms with Gasteiger partial charge in [-0.1, -0.05) is 86.3 Å². The Hall–Kier alpha value is -4.54. The van der Waals surface area contributed by atoms with E-state index in [-0.39, 0.29) is 33.1 Å². The van der Waals surface area contributed by atoms with Crippen LogP contribution in [0.5, 0.6) is 0 Å². The molecule has 0 unspecified atom stereocenters. The molecule has 4 aromatic rings. The predicted molar refractivity (Wildman–Crippen MR) is 169 cm³/mol. The number of benzene rings is 3. The van der Waals surface area contributed by atoms with Crippen molar-refractivity contribution in [2.45, 2.75) is 66.1 Å². The van der Waals surface area contributed by atoms with E-state index >= 15 is 0 Å². The number of nitrogens with zero attached hydrogens (tertiary/aromatic N) is 4. The monoisotopic (exact) mass is 598 g/mol. The van der Waals surface area contributed by atoms with Gasteiger partial charge in [0.05, 0.1) is 25.3 Å². The van der Waals surface area contributed by atoms with Crippen LogP contribution >= 0.6 is 0 Å². The molecule has 1 atom stereocenters. The highest BCUT2D eigenvalue weighted by molar-refractivity contribution is 5.85. The predicted octanol–water partition coefficient (Wildman–Crippen LogP) is 5.15. The van der Waals surface area contributed by atoms with Crippen LogP contribution in [0, 0.1) is 6.92 Å². The van der Waals surface area contributed by atoms with Crippen LogP contribution < -0.4 is 11.1 Å². The van der Waals surface area contributed by atoms with Gasteiger partial charge in [-0.3, -0.25) is 9.69 Å². The molecule has 0 saturated heterocycles. The Balaban J connectivity index is 0.00000442. The highest BCUT2D eigenvalue weighted by atomic mass is 16.6. The number of carbonyl (C=O) groups is 2. The molecule has 0 spiro atoms. The zero-order valence-corrected chi connectivity index (χ0v) is 24.8. The van der Waals surface area contributed by atoms with Crippen molar-refractivity contribution in [2.24, 2.45) is 5.73 Å². The van der Waals surface area contributed by atoms with Crippen LogP contribution in [0.1, 0.15) is 55.7 Å². The molecular weight excluding hydrogens is 556 g/mol. The largest absolute Gasteiger partial charge is 0.445 e. The minimum Gasteiger partial charge on any atom is -0.445 e. The summed E-state index contributed by atoms with van der Waals surface area (Å²) in [6.45, 7) is 7.17. The number of amides is 2. The van der Waals surface area contributed by atoms with E-state index in [0.29, 0.717) is 31.3 Å². The van der Waals surface area contributed by atoms with Crippen LogP contribution in [-0.4, -0.2) is 50.4 Å². The van der Waals surface area contributed by atoms with Gasteiger partial charge in [0.1, 0.15) is 12.6 Å². The fraction of sp³-hybridized carbons (Fsp3) is 0.353. The number of hydrogen-bond acceptors (Lipinski definition) is 7. The van der Waals surface area contributed by atoms with Crippen LogP contribution in [0.3, 0.4) is 0 Å². The third-order valence-corrected chi connectivity index (χ3v) is 7.52. The molecule has 5 rings (SSSR count). The summed E-state index contributed by atoms with van der Waals surface area (Å²) in [7, 11) is 0. The van der Waals surface area contributed by atoms with Gasteiger partial charge < -0.3 is 25.1 Å². The van der Waals surface area contributed by atoms with E-state index in [1.807, 2.05) is 72.2 Å². The highest BCUT2D eigenvalue weighted by Crippen LogP contribution is 2.26. The van der Waals surface area contributed by atoms with Crippen molar-refractivity contribution in [3.8, 4) is 11.1 Å². The topological polar surface area (TPSA) is 125 Å². The summed E-state index contributed by atoms with van der Waals surface area (Å²) in [5.41, 5.74) is 10.3. The molecule has 10 nitrogen and oxygen atoms in total. The van der Waals surface area contributed by atoms with E-state index in [2.05, 4.69) is 33.7 Å². The van der Waals surface area contributed by atoms with Crippen LogP contribution in [-0.2, 0) is 40.6 Å². The molecule has 10 heteroatoms. The fourth-order valence-electron chi connectivity index (χ4n) is 4.99. The summed E-state index contributed by atoms with van der Waals surface area (Å²) in [6, 6.07) is 25.4. The van der Waals surface area contributed by atoms with Gasteiger partial charge in [-0.15, -0.1) is 10.2 Å². The van der Waals surface area contributed by atoms with Crippen molar-refractivity contribution in [3.05, 3.63) is 107 Å². The fourth-order valence-corrected chi connectivity index (χ4v) is 4.99. The molecular formula is C34H42N6O4. The first-order valence-corrected chi connectivity index (χ1v) is 14.4. The second kappa shape index (κ2) is 14.3. The van der Waals surface area contributed by atoms with Gasteiger partial charge in [-0.25, -0.2) is 4.79 Å². The Labute approximate surface area is 259 Å². The number of ether oxygens (including phenoxy) is 2. The molecule has 0 radical (unpaired) electrons. The maximum atomic E-state index is 13.1. The van der Waals surface area contributed by atoms with Crippen LogP contribution in [0.25, 0.3) is 11.1 Å². The summed E-state index contributed by atoms with van der Waals surface area (Å²) in [5, 5.41) is 11.7. The Kier molecular flexibility index (Phi) is 10.5. The van der Waals surface area contributed by atoms with Gasteiger partial charge in [0.2, 0.25) is 5.91 Å². The molecule has 2 heterocycles. The van der Waals surface area contributed by atoms with Crippen molar-refractivity contribution in [1.82, 2.24) is 25.0 Å². The minimum absolute atomic E-state index is 0. The molecule has 44 heavy (non-hydrogen) atoms. The third-order valence-electron chi connectivity index (χ3n) is 7.52. The number of fused-ring (bicyclic) bond motifs is 1. The molecule has 0 saturated carbocycles. The van der Waals surface area contributed by atoms with Crippen LogP contribution in [0.4, 0.5) is 4.79 Å². The summed E-state index contributed by atoms with van der Waals surface area (Å²) >= 11 is 0. The average molecular weight is 599 g/mol.